The number of hydrogen-bond donors (Lipinski definition) is 18. The average molecular weight is 1570 g/mol. The zero-order valence-corrected chi connectivity index (χ0v) is 65.6. The van der Waals surface area contributed by atoms with Crippen LogP contribution in [0.25, 0.3) is 0 Å². The number of aliphatic hydroxyl groups is 3. The molecule has 15 atom stereocenters. The maximum absolute atomic E-state index is 14.7. The first-order chi connectivity index (χ1) is 51.1. The molecule has 109 heavy (non-hydrogen) atoms. The van der Waals surface area contributed by atoms with Crippen LogP contribution in [0.5, 0.6) is 0 Å². The number of carbonyl (C=O) groups excluding carboxylic acids is 15. The summed E-state index contributed by atoms with van der Waals surface area (Å²) in [6.07, 6.45) is 1.55. The molecule has 0 spiro atoms. The predicted octanol–water partition coefficient (Wildman–Crippen LogP) is -5.81. The maximum Gasteiger partial charge on any atom is 0.328 e. The SMILES string of the molecule is CSCC[C@H](NC(=O)[C@H](CO)NC(=O)[C@@H](NC(=O)[C@H](CC(C)C)NC(=O)[C@@H]([NH3+])[C@@H](C)O)C(C)C)C(=O)N1CCC[C@H]1C(=O)N1CCC[C@H]1C(=O)N[C@@H](CC(C)C)C(=O)N1CCC[C@H]1C(=O)NCC(=O)N[C@@H](CC(C)C)C(=O)N[C@@H](CC(=O)O)C(=O)N[C@@H](CC(C)C)C(=O)N[C@@H](C)C(=O)NCC(=O)N[C@@H](CO)C(=O)O. The molecule has 3 heterocycles. The Morgan fingerprint density at radius 3 is 1.33 bits per heavy atom. The topological polar surface area (TPSA) is 573 Å². The van der Waals surface area contributed by atoms with Gasteiger partial charge in [-0.1, -0.05) is 69.2 Å². The molecule has 3 rings (SSSR count). The normalized spacial score (nSPS) is 19.0. The maximum atomic E-state index is 14.7. The molecule has 15 amide bonds. The van der Waals surface area contributed by atoms with Gasteiger partial charge in [-0.15, -0.1) is 0 Å². The number of rotatable bonds is 45. The summed E-state index contributed by atoms with van der Waals surface area (Å²) in [5.41, 5.74) is 3.65. The van der Waals surface area contributed by atoms with E-state index in [2.05, 4.69) is 64.2 Å². The Morgan fingerprint density at radius 1 is 0.431 bits per heavy atom. The average Bonchev–Trinajstić information content (AvgIpc) is 1.67. The number of thioether (sulfide) groups is 1. The summed E-state index contributed by atoms with van der Waals surface area (Å²) in [7, 11) is 0. The number of nitrogens with one attached hydrogen (secondary N) is 12. The summed E-state index contributed by atoms with van der Waals surface area (Å²) in [4.78, 5) is 234. The van der Waals surface area contributed by atoms with E-state index in [-0.39, 0.29) is 94.7 Å². The summed E-state index contributed by atoms with van der Waals surface area (Å²) in [5.74, 6) is -16.4. The van der Waals surface area contributed by atoms with Crippen molar-refractivity contribution >= 4 is 112 Å². The zero-order chi connectivity index (χ0) is 82.4. The highest BCUT2D eigenvalue weighted by atomic mass is 32.2. The first kappa shape index (κ1) is 94.4. The number of nitrogens with zero attached hydrogens (tertiary/aromatic N) is 3. The van der Waals surface area contributed by atoms with Gasteiger partial charge in [0.25, 0.3) is 5.91 Å². The van der Waals surface area contributed by atoms with Crippen LogP contribution >= 0.6 is 11.8 Å². The smallest absolute Gasteiger partial charge is 0.328 e. The molecule has 3 aliphatic heterocycles. The van der Waals surface area contributed by atoms with Gasteiger partial charge in [-0.2, -0.15) is 11.8 Å². The molecule has 39 heteroatoms. The summed E-state index contributed by atoms with van der Waals surface area (Å²) in [6, 6.07) is -18.5. The van der Waals surface area contributed by atoms with Crippen LogP contribution < -0.4 is 69.5 Å². The number of amides is 15. The Balaban J connectivity index is 1.73. The third kappa shape index (κ3) is 30.5. The fourth-order valence-electron chi connectivity index (χ4n) is 12.7. The highest BCUT2D eigenvalue weighted by Crippen LogP contribution is 2.28. The lowest BCUT2D eigenvalue weighted by atomic mass is 9.99. The van der Waals surface area contributed by atoms with E-state index >= 15 is 0 Å². The lowest BCUT2D eigenvalue weighted by molar-refractivity contribution is -0.419. The van der Waals surface area contributed by atoms with E-state index in [4.69, 9.17) is 10.2 Å². The lowest BCUT2D eigenvalue weighted by Gasteiger charge is -2.34. The van der Waals surface area contributed by atoms with Crippen molar-refractivity contribution in [3.8, 4) is 0 Å². The monoisotopic (exact) mass is 1570 g/mol. The standard InChI is InChI=1S/C70H118N16O22S/c1-34(2)25-42(59(96)79-45(29-54(92)93)60(97)78-43(26-35(3)4)58(95)74-39(11)57(94)72-30-53(91)76-48(33-88)70(107)108)75-52(90)31-73-63(100)49-17-14-21-84(49)68(105)46(28-37(7)8)81-64(101)50-18-15-22-85(50)69(106)51-19-16-23-86(51)67(104)41(20-24-109-13)77-62(99)47(32-87)82-66(103)56(38(9)10)83-61(98)44(27-36(5)6)80-65(102)55(71)40(12)89/h34-51,55-56,87-89H,14-33,71H2,1-13H3,(H,72,94)(H,73,100)(H,74,95)(H,75,90)(H,76,91)(H,77,99)(H,78,97)(H,79,96)(H,80,102)(H,81,101)(H,82,103)(H,83,98)(H,92,93)(H,107,108)/p+1/t39-,40+,41-,42-,43-,44-,45-,46-,47-,48-,49-,50-,51-,55-,56-/m0/s1. The zero-order valence-electron chi connectivity index (χ0n) is 64.8. The van der Waals surface area contributed by atoms with Crippen molar-refractivity contribution in [2.45, 2.75) is 251 Å². The van der Waals surface area contributed by atoms with Gasteiger partial charge in [0.1, 0.15) is 84.6 Å². The number of quaternary nitrogens is 1. The molecule has 20 N–H and O–H groups in total. The molecule has 0 aromatic heterocycles. The van der Waals surface area contributed by atoms with Crippen molar-refractivity contribution in [3.63, 3.8) is 0 Å². The van der Waals surface area contributed by atoms with Crippen LogP contribution in [-0.2, 0) is 81.5 Å². The molecule has 3 saturated heterocycles. The van der Waals surface area contributed by atoms with Crippen LogP contribution in [-0.4, -0.2) is 289 Å². The van der Waals surface area contributed by atoms with Gasteiger partial charge in [-0.3, -0.25) is 76.7 Å². The van der Waals surface area contributed by atoms with Gasteiger partial charge in [0.15, 0.2) is 6.04 Å². The van der Waals surface area contributed by atoms with Crippen LogP contribution in [0.2, 0.25) is 0 Å². The number of carboxylic acid groups (broad SMARTS) is 2. The molecule has 0 bridgehead atoms. The van der Waals surface area contributed by atoms with Gasteiger partial charge in [0.2, 0.25) is 82.7 Å². The molecule has 3 fully saturated rings. The minimum atomic E-state index is -1.83. The minimum absolute atomic E-state index is 0.0561. The number of aliphatic hydroxyl groups excluding tert-OH is 3. The minimum Gasteiger partial charge on any atom is -0.481 e. The molecule has 0 aromatic carbocycles. The highest BCUT2D eigenvalue weighted by Gasteiger charge is 2.46. The Labute approximate surface area is 639 Å². The van der Waals surface area contributed by atoms with Crippen molar-refractivity contribution in [1.82, 2.24) is 78.5 Å². The Hall–Kier alpha value is -8.82. The largest absolute Gasteiger partial charge is 0.481 e. The summed E-state index contributed by atoms with van der Waals surface area (Å²) >= 11 is 1.37. The van der Waals surface area contributed by atoms with Crippen LogP contribution in [0.4, 0.5) is 0 Å². The molecule has 0 saturated carbocycles. The fourth-order valence-corrected chi connectivity index (χ4v) is 13.1. The molecule has 0 radical (unpaired) electrons. The number of carbonyl (C=O) groups is 17. The van der Waals surface area contributed by atoms with Gasteiger partial charge >= 0.3 is 11.9 Å². The van der Waals surface area contributed by atoms with Gasteiger partial charge in [-0.25, -0.2) is 4.79 Å². The van der Waals surface area contributed by atoms with Crippen LogP contribution in [0, 0.1) is 29.6 Å². The van der Waals surface area contributed by atoms with Crippen LogP contribution in [0.1, 0.15) is 160 Å². The van der Waals surface area contributed by atoms with Crippen molar-refractivity contribution in [2.75, 3.05) is 57.9 Å². The molecule has 0 aromatic rings. The van der Waals surface area contributed by atoms with Gasteiger partial charge in [0.05, 0.1) is 32.7 Å². The van der Waals surface area contributed by atoms with Crippen molar-refractivity contribution in [1.29, 1.82) is 0 Å². The molecule has 38 nitrogen and oxygen atoms in total. The summed E-state index contributed by atoms with van der Waals surface area (Å²) < 4.78 is 0. The Kier molecular flexibility index (Phi) is 39.8. The van der Waals surface area contributed by atoms with E-state index in [1.54, 1.807) is 47.8 Å². The van der Waals surface area contributed by atoms with Crippen molar-refractivity contribution < 1.29 is 113 Å². The van der Waals surface area contributed by atoms with Gasteiger partial charge in [-0.05, 0) is 126 Å². The van der Waals surface area contributed by atoms with Gasteiger partial charge < -0.3 is 110 Å². The molecule has 616 valence electrons. The van der Waals surface area contributed by atoms with Crippen molar-refractivity contribution in [2.24, 2.45) is 29.6 Å². The van der Waals surface area contributed by atoms with E-state index in [9.17, 15) is 96.8 Å². The number of aliphatic carboxylic acids is 2. The Morgan fingerprint density at radius 2 is 0.835 bits per heavy atom. The Bertz CT molecular complexity index is 3200. The summed E-state index contributed by atoms with van der Waals surface area (Å²) in [5, 5.41) is 78.1. The quantitative estimate of drug-likeness (QED) is 0.0270. The first-order valence-corrected chi connectivity index (χ1v) is 38.6. The molecular weight excluding hydrogens is 1450 g/mol. The van der Waals surface area contributed by atoms with E-state index in [0.717, 1.165) is 0 Å². The van der Waals surface area contributed by atoms with Crippen LogP contribution in [0.3, 0.4) is 0 Å². The molecule has 3 aliphatic rings. The van der Waals surface area contributed by atoms with E-state index in [0.29, 0.717) is 25.0 Å². The van der Waals surface area contributed by atoms with E-state index in [1.807, 2.05) is 33.0 Å². The number of hydrogen-bond acceptors (Lipinski definition) is 21. The second-order valence-corrected chi connectivity index (χ2v) is 31.0. The number of carboxylic acids is 2. The third-order valence-electron chi connectivity index (χ3n) is 18.5. The van der Waals surface area contributed by atoms with E-state index < -0.39 is 230 Å². The molecule has 0 aliphatic carbocycles. The second kappa shape index (κ2) is 46.0. The highest BCUT2D eigenvalue weighted by molar-refractivity contribution is 7.98. The second-order valence-electron chi connectivity index (χ2n) is 30.0. The molecular formula is C70H119N16O22S+. The first-order valence-electron chi connectivity index (χ1n) is 37.2. The lowest BCUT2D eigenvalue weighted by Crippen LogP contribution is -2.73. The van der Waals surface area contributed by atoms with Crippen molar-refractivity contribution in [3.05, 3.63) is 0 Å². The van der Waals surface area contributed by atoms with Crippen LogP contribution in [0.15, 0.2) is 0 Å². The van der Waals surface area contributed by atoms with E-state index in [1.165, 1.54) is 40.3 Å². The predicted molar refractivity (Wildman–Crippen MR) is 393 cm³/mol. The molecule has 0 unspecified atom stereocenters. The number of likely N-dealkylation sites (tertiary alicyclic amines) is 3. The summed E-state index contributed by atoms with van der Waals surface area (Å²) in [6.45, 7) is 17.0. The van der Waals surface area contributed by atoms with Gasteiger partial charge in [0, 0.05) is 19.6 Å². The fraction of sp³-hybridized carbons (Fsp3) is 0.757. The third-order valence-corrected chi connectivity index (χ3v) is 19.1.